The predicted octanol–water partition coefficient (Wildman–Crippen LogP) is 5.68. The number of hydrogen-bond donors (Lipinski definition) is 0. The number of hydrogen-bond acceptors (Lipinski definition) is 2. The lowest BCUT2D eigenvalue weighted by molar-refractivity contribution is 0.203. The topological polar surface area (TPSA) is 6.48 Å². The lowest BCUT2D eigenvalue weighted by Crippen LogP contribution is -2.33. The van der Waals surface area contributed by atoms with E-state index in [0.717, 1.165) is 0 Å². The minimum absolute atomic E-state index is 0.681. The third kappa shape index (κ3) is 5.12. The Labute approximate surface area is 165 Å². The van der Waals surface area contributed by atoms with Crippen LogP contribution in [0.5, 0.6) is 0 Å². The fraction of sp³-hybridized carbons (Fsp3) is 0.600. The van der Waals surface area contributed by atoms with Crippen LogP contribution in [-0.2, 0) is 0 Å². The van der Waals surface area contributed by atoms with Crippen molar-refractivity contribution >= 4 is 10.8 Å². The van der Waals surface area contributed by atoms with Crippen LogP contribution in [0, 0.1) is 0 Å². The smallest absolute Gasteiger partial charge is 0.00129 e. The van der Waals surface area contributed by atoms with Gasteiger partial charge in [-0.2, -0.15) is 0 Å². The van der Waals surface area contributed by atoms with E-state index in [-0.39, 0.29) is 0 Å². The summed E-state index contributed by atoms with van der Waals surface area (Å²) >= 11 is 0. The molecule has 2 fully saturated rings. The van der Waals surface area contributed by atoms with Crippen LogP contribution >= 0.6 is 0 Å². The van der Waals surface area contributed by atoms with Gasteiger partial charge < -0.3 is 9.80 Å². The molecule has 2 aromatic rings. The summed E-state index contributed by atoms with van der Waals surface area (Å²) in [6.45, 7) is 7.80. The molecule has 0 unspecified atom stereocenters. The van der Waals surface area contributed by atoms with Gasteiger partial charge in [-0.25, -0.2) is 0 Å². The summed E-state index contributed by atoms with van der Waals surface area (Å²) in [5, 5.41) is 2.87. The Morgan fingerprint density at radius 3 is 1.81 bits per heavy atom. The van der Waals surface area contributed by atoms with Gasteiger partial charge in [0.25, 0.3) is 0 Å². The molecule has 0 aliphatic carbocycles. The zero-order valence-electron chi connectivity index (χ0n) is 16.9. The Balaban J connectivity index is 1.48. The summed E-state index contributed by atoms with van der Waals surface area (Å²) in [7, 11) is 0. The van der Waals surface area contributed by atoms with Crippen molar-refractivity contribution in [2.75, 3.05) is 39.3 Å². The third-order valence-electron chi connectivity index (χ3n) is 6.75. The van der Waals surface area contributed by atoms with Crippen molar-refractivity contribution < 1.29 is 0 Å². The van der Waals surface area contributed by atoms with E-state index < -0.39 is 0 Å². The molecule has 0 radical (unpaired) electrons. The summed E-state index contributed by atoms with van der Waals surface area (Å²) in [6, 6.07) is 15.9. The molecule has 0 amide bonds. The molecule has 2 nitrogen and oxygen atoms in total. The maximum absolute atomic E-state index is 2.71. The van der Waals surface area contributed by atoms with Crippen LogP contribution in [0.3, 0.4) is 0 Å². The first-order valence-corrected chi connectivity index (χ1v) is 11.3. The average Bonchev–Trinajstić information content (AvgIpc) is 2.75. The average molecular weight is 365 g/mol. The van der Waals surface area contributed by atoms with Crippen molar-refractivity contribution in [1.82, 2.24) is 9.80 Å². The molecule has 2 heterocycles. The molecule has 0 bridgehead atoms. The van der Waals surface area contributed by atoms with E-state index in [0.29, 0.717) is 5.92 Å². The van der Waals surface area contributed by atoms with Crippen molar-refractivity contribution in [3.63, 3.8) is 0 Å². The van der Waals surface area contributed by atoms with Gasteiger partial charge in [-0.3, -0.25) is 0 Å². The van der Waals surface area contributed by atoms with Crippen LogP contribution in [0.1, 0.15) is 62.8 Å². The highest BCUT2D eigenvalue weighted by molar-refractivity contribution is 5.86. The molecule has 2 aliphatic heterocycles. The molecular weight excluding hydrogens is 328 g/mol. The lowest BCUT2D eigenvalue weighted by atomic mass is 9.88. The van der Waals surface area contributed by atoms with E-state index in [9.17, 15) is 0 Å². The van der Waals surface area contributed by atoms with E-state index in [1.807, 2.05) is 0 Å². The largest absolute Gasteiger partial charge is 0.303 e. The summed E-state index contributed by atoms with van der Waals surface area (Å²) in [6.07, 6.45) is 11.1. The van der Waals surface area contributed by atoms with Gasteiger partial charge in [0.1, 0.15) is 0 Å². The molecule has 0 saturated carbocycles. The molecule has 0 spiro atoms. The summed E-state index contributed by atoms with van der Waals surface area (Å²) in [5.41, 5.74) is 1.59. The SMILES string of the molecule is c1ccc2c(C(CCN3CCCCC3)CCN3CCCCC3)cccc2c1. The van der Waals surface area contributed by atoms with E-state index in [1.54, 1.807) is 5.56 Å². The molecule has 2 saturated heterocycles. The first-order chi connectivity index (χ1) is 13.4. The van der Waals surface area contributed by atoms with Gasteiger partial charge in [0, 0.05) is 0 Å². The van der Waals surface area contributed by atoms with Crippen LogP contribution in [0.2, 0.25) is 0 Å². The van der Waals surface area contributed by atoms with Crippen LogP contribution < -0.4 is 0 Å². The number of piperidine rings is 2. The van der Waals surface area contributed by atoms with Gasteiger partial charge in [0.05, 0.1) is 0 Å². The quantitative estimate of drug-likeness (QED) is 0.624. The first-order valence-electron chi connectivity index (χ1n) is 11.3. The summed E-state index contributed by atoms with van der Waals surface area (Å²) < 4.78 is 0. The van der Waals surface area contributed by atoms with E-state index in [4.69, 9.17) is 0 Å². The minimum atomic E-state index is 0.681. The predicted molar refractivity (Wildman–Crippen MR) is 117 cm³/mol. The van der Waals surface area contributed by atoms with Gasteiger partial charge in [0.15, 0.2) is 0 Å². The monoisotopic (exact) mass is 364 g/mol. The van der Waals surface area contributed by atoms with Crippen LogP contribution in [0.25, 0.3) is 10.8 Å². The fourth-order valence-corrected chi connectivity index (χ4v) is 5.10. The molecule has 146 valence electrons. The van der Waals surface area contributed by atoms with Gasteiger partial charge in [-0.1, -0.05) is 55.3 Å². The molecule has 0 N–H and O–H groups in total. The normalized spacial score (nSPS) is 19.7. The van der Waals surface area contributed by atoms with Gasteiger partial charge in [0.2, 0.25) is 0 Å². The molecule has 2 aliphatic rings. The number of benzene rings is 2. The highest BCUT2D eigenvalue weighted by Crippen LogP contribution is 2.31. The fourth-order valence-electron chi connectivity index (χ4n) is 5.10. The third-order valence-corrected chi connectivity index (χ3v) is 6.75. The highest BCUT2D eigenvalue weighted by atomic mass is 15.1. The molecule has 4 rings (SSSR count). The molecular formula is C25H36N2. The first kappa shape index (κ1) is 19.0. The molecule has 2 aromatic carbocycles. The second-order valence-electron chi connectivity index (χ2n) is 8.65. The van der Waals surface area contributed by atoms with E-state index >= 15 is 0 Å². The second kappa shape index (κ2) is 9.71. The molecule has 2 heteroatoms. The number of fused-ring (bicyclic) bond motifs is 1. The molecule has 0 aromatic heterocycles. The lowest BCUT2D eigenvalue weighted by Gasteiger charge is -2.31. The number of nitrogens with zero attached hydrogens (tertiary/aromatic N) is 2. The van der Waals surface area contributed by atoms with Gasteiger partial charge >= 0.3 is 0 Å². The summed E-state index contributed by atoms with van der Waals surface area (Å²) in [5.74, 6) is 0.681. The van der Waals surface area contributed by atoms with E-state index in [1.165, 1.54) is 101 Å². The maximum atomic E-state index is 2.71. The number of likely N-dealkylation sites (tertiary alicyclic amines) is 2. The van der Waals surface area contributed by atoms with Gasteiger partial charge in [-0.05, 0) is 100 Å². The van der Waals surface area contributed by atoms with Crippen LogP contribution in [0.4, 0.5) is 0 Å². The van der Waals surface area contributed by atoms with Crippen molar-refractivity contribution in [2.45, 2.75) is 57.3 Å². The van der Waals surface area contributed by atoms with Crippen molar-refractivity contribution in [2.24, 2.45) is 0 Å². The highest BCUT2D eigenvalue weighted by Gasteiger charge is 2.19. The summed E-state index contributed by atoms with van der Waals surface area (Å²) in [4.78, 5) is 5.42. The number of rotatable bonds is 7. The minimum Gasteiger partial charge on any atom is -0.303 e. The van der Waals surface area contributed by atoms with E-state index in [2.05, 4.69) is 52.3 Å². The Bertz CT molecular complexity index is 671. The second-order valence-corrected chi connectivity index (χ2v) is 8.65. The molecule has 27 heavy (non-hydrogen) atoms. The zero-order chi connectivity index (χ0) is 18.3. The standard InChI is InChI=1S/C25H36N2/c1-5-16-26(17-6-1)20-14-23(15-21-27-18-7-2-8-19-27)25-13-9-11-22-10-3-4-12-24(22)25/h3-4,9-13,23H,1-2,5-8,14-21H2. The van der Waals surface area contributed by atoms with Crippen LogP contribution in [-0.4, -0.2) is 49.1 Å². The van der Waals surface area contributed by atoms with Gasteiger partial charge in [-0.15, -0.1) is 0 Å². The van der Waals surface area contributed by atoms with Crippen molar-refractivity contribution in [3.05, 3.63) is 48.0 Å². The Morgan fingerprint density at radius 1 is 0.630 bits per heavy atom. The molecule has 0 atom stereocenters. The van der Waals surface area contributed by atoms with Crippen molar-refractivity contribution in [3.8, 4) is 0 Å². The Morgan fingerprint density at radius 2 is 1.19 bits per heavy atom. The Kier molecular flexibility index (Phi) is 6.81. The van der Waals surface area contributed by atoms with Crippen LogP contribution in [0.15, 0.2) is 42.5 Å². The zero-order valence-corrected chi connectivity index (χ0v) is 16.9. The maximum Gasteiger partial charge on any atom is -0.00129 e. The Hall–Kier alpha value is -1.38. The van der Waals surface area contributed by atoms with Crippen molar-refractivity contribution in [1.29, 1.82) is 0 Å².